The fourth-order valence-corrected chi connectivity index (χ4v) is 6.05. The number of nitrogens with zero attached hydrogens (tertiary/aromatic N) is 5. The maximum Gasteiger partial charge on any atom is 0.267 e. The van der Waals surface area contributed by atoms with Gasteiger partial charge in [-0.1, -0.05) is 53.7 Å². The minimum atomic E-state index is -0.0971. The van der Waals surface area contributed by atoms with E-state index in [1.807, 2.05) is 72.8 Å². The first-order chi connectivity index (χ1) is 16.1. The van der Waals surface area contributed by atoms with Crippen molar-refractivity contribution in [3.05, 3.63) is 93.2 Å². The molecule has 33 heavy (non-hydrogen) atoms. The van der Waals surface area contributed by atoms with Crippen LogP contribution in [0.25, 0.3) is 32.6 Å². The summed E-state index contributed by atoms with van der Waals surface area (Å²) in [5.41, 5.74) is 4.70. The Labute approximate surface area is 197 Å². The molecule has 0 aliphatic heterocycles. The third-order valence-corrected chi connectivity index (χ3v) is 7.81. The average molecular weight is 470 g/mol. The van der Waals surface area contributed by atoms with E-state index >= 15 is 0 Å². The lowest BCUT2D eigenvalue weighted by Crippen LogP contribution is -2.22. The first-order valence-corrected chi connectivity index (χ1v) is 12.3. The van der Waals surface area contributed by atoms with E-state index in [0.29, 0.717) is 16.9 Å². The van der Waals surface area contributed by atoms with Crippen LogP contribution in [0, 0.1) is 13.8 Å². The van der Waals surface area contributed by atoms with Gasteiger partial charge in [0, 0.05) is 0 Å². The molecule has 0 atom stereocenters. The third kappa shape index (κ3) is 3.34. The summed E-state index contributed by atoms with van der Waals surface area (Å²) in [4.78, 5) is 18.3. The Morgan fingerprint density at radius 2 is 1.79 bits per heavy atom. The van der Waals surface area contributed by atoms with Gasteiger partial charge >= 0.3 is 0 Å². The second-order valence-corrected chi connectivity index (χ2v) is 9.99. The van der Waals surface area contributed by atoms with Crippen molar-refractivity contribution in [1.29, 1.82) is 0 Å². The van der Waals surface area contributed by atoms with Crippen LogP contribution in [-0.4, -0.2) is 24.1 Å². The number of hydrogen-bond acceptors (Lipinski definition) is 6. The Hall–Kier alpha value is -3.49. The molecule has 0 aliphatic rings. The lowest BCUT2D eigenvalue weighted by molar-refractivity contribution is 0.928. The molecule has 0 aliphatic carbocycles. The fourth-order valence-electron chi connectivity index (χ4n) is 4.15. The number of fused-ring (bicyclic) bond motifs is 4. The molecule has 6 rings (SSSR count). The van der Waals surface area contributed by atoms with E-state index in [4.69, 9.17) is 4.98 Å². The summed E-state index contributed by atoms with van der Waals surface area (Å²) in [6.07, 6.45) is 0. The lowest BCUT2D eigenvalue weighted by Gasteiger charge is -2.13. The molecule has 6 aromatic rings. The number of aromatic nitrogens is 5. The minimum absolute atomic E-state index is 0.0971. The first kappa shape index (κ1) is 20.1. The molecule has 0 saturated carbocycles. The summed E-state index contributed by atoms with van der Waals surface area (Å²) < 4.78 is 4.83. The summed E-state index contributed by atoms with van der Waals surface area (Å²) in [5.74, 6) is 1.19. The van der Waals surface area contributed by atoms with Crippen LogP contribution in [-0.2, 0) is 5.75 Å². The van der Waals surface area contributed by atoms with Crippen LogP contribution < -0.4 is 5.56 Å². The summed E-state index contributed by atoms with van der Waals surface area (Å²) in [5, 5.41) is 11.3. The van der Waals surface area contributed by atoms with Gasteiger partial charge in [0.1, 0.15) is 5.01 Å². The van der Waals surface area contributed by atoms with Crippen LogP contribution in [0.4, 0.5) is 0 Å². The van der Waals surface area contributed by atoms with Crippen LogP contribution in [0.1, 0.15) is 16.1 Å². The minimum Gasteiger partial charge on any atom is -0.268 e. The first-order valence-electron chi connectivity index (χ1n) is 10.5. The van der Waals surface area contributed by atoms with E-state index in [9.17, 15) is 4.79 Å². The van der Waals surface area contributed by atoms with Gasteiger partial charge in [-0.05, 0) is 49.7 Å². The van der Waals surface area contributed by atoms with Crippen molar-refractivity contribution >= 4 is 50.0 Å². The number of rotatable bonds is 4. The summed E-state index contributed by atoms with van der Waals surface area (Å²) >= 11 is 3.27. The highest BCUT2D eigenvalue weighted by atomic mass is 32.2. The third-order valence-electron chi connectivity index (χ3n) is 5.65. The van der Waals surface area contributed by atoms with Crippen LogP contribution >= 0.6 is 23.1 Å². The number of thiazole rings is 1. The van der Waals surface area contributed by atoms with Gasteiger partial charge in [0.25, 0.3) is 5.56 Å². The number of thioether (sulfide) groups is 1. The molecule has 3 aromatic carbocycles. The Balaban J connectivity index is 1.53. The van der Waals surface area contributed by atoms with E-state index in [2.05, 4.69) is 22.3 Å². The molecule has 0 bridgehead atoms. The predicted molar refractivity (Wildman–Crippen MR) is 135 cm³/mol. The van der Waals surface area contributed by atoms with E-state index in [-0.39, 0.29) is 5.56 Å². The van der Waals surface area contributed by atoms with Gasteiger partial charge in [-0.2, -0.15) is 0 Å². The zero-order valence-corrected chi connectivity index (χ0v) is 19.7. The van der Waals surface area contributed by atoms with Crippen LogP contribution in [0.5, 0.6) is 0 Å². The lowest BCUT2D eigenvalue weighted by atomic mass is 10.1. The zero-order valence-electron chi connectivity index (χ0n) is 18.0. The van der Waals surface area contributed by atoms with Crippen LogP contribution in [0.3, 0.4) is 0 Å². The van der Waals surface area contributed by atoms with Crippen molar-refractivity contribution in [1.82, 2.24) is 24.1 Å². The number of hydrogen-bond donors (Lipinski definition) is 0. The molecule has 8 heteroatoms. The van der Waals surface area contributed by atoms with E-state index in [1.165, 1.54) is 4.70 Å². The van der Waals surface area contributed by atoms with Crippen molar-refractivity contribution in [2.24, 2.45) is 0 Å². The maximum atomic E-state index is 13.5. The second-order valence-electron chi connectivity index (χ2n) is 7.93. The highest BCUT2D eigenvalue weighted by Gasteiger charge is 2.19. The maximum absolute atomic E-state index is 13.5. The quantitative estimate of drug-likeness (QED) is 0.317. The van der Waals surface area contributed by atoms with Gasteiger partial charge in [-0.3, -0.25) is 9.20 Å². The van der Waals surface area contributed by atoms with E-state index in [1.54, 1.807) is 27.7 Å². The highest BCUT2D eigenvalue weighted by Crippen LogP contribution is 2.29. The van der Waals surface area contributed by atoms with Crippen molar-refractivity contribution in [2.45, 2.75) is 24.8 Å². The number of benzene rings is 3. The summed E-state index contributed by atoms with van der Waals surface area (Å²) in [7, 11) is 0. The molecular formula is C25H19N5OS2. The van der Waals surface area contributed by atoms with Gasteiger partial charge in [0.15, 0.2) is 5.16 Å². The van der Waals surface area contributed by atoms with Gasteiger partial charge in [-0.15, -0.1) is 21.5 Å². The van der Waals surface area contributed by atoms with Gasteiger partial charge < -0.3 is 0 Å². The van der Waals surface area contributed by atoms with Crippen molar-refractivity contribution in [2.75, 3.05) is 0 Å². The Bertz CT molecular complexity index is 1700. The van der Waals surface area contributed by atoms with Crippen LogP contribution in [0.2, 0.25) is 0 Å². The average Bonchev–Trinajstić information content (AvgIpc) is 3.43. The monoisotopic (exact) mass is 469 g/mol. The smallest absolute Gasteiger partial charge is 0.267 e. The standard InChI is InChI=1S/C25H19N5OS2/c1-15-11-12-19(16(2)13-15)29-23(31)17-7-3-5-9-20(17)30-24(29)27-28-25(30)32-14-22-26-18-8-4-6-10-21(18)33-22/h3-13H,14H2,1-2H3. The number of para-hydroxylation sites is 2. The summed E-state index contributed by atoms with van der Waals surface area (Å²) in [6, 6.07) is 21.8. The molecule has 0 unspecified atom stereocenters. The zero-order chi connectivity index (χ0) is 22.5. The molecule has 3 heterocycles. The largest absolute Gasteiger partial charge is 0.268 e. The Kier molecular flexibility index (Phi) is 4.78. The van der Waals surface area contributed by atoms with Crippen molar-refractivity contribution in [3.63, 3.8) is 0 Å². The van der Waals surface area contributed by atoms with Gasteiger partial charge in [-0.25, -0.2) is 9.55 Å². The SMILES string of the molecule is Cc1ccc(-n2c(=O)c3ccccc3n3c(SCc4nc5ccccc5s4)nnc23)c(C)c1. The Morgan fingerprint density at radius 1 is 0.970 bits per heavy atom. The second kappa shape index (κ2) is 7.83. The number of aryl methyl sites for hydroxylation is 2. The molecular weight excluding hydrogens is 450 g/mol. The van der Waals surface area contributed by atoms with Gasteiger partial charge in [0.05, 0.1) is 32.6 Å². The normalized spacial score (nSPS) is 11.7. The molecule has 0 amide bonds. The highest BCUT2D eigenvalue weighted by molar-refractivity contribution is 7.98. The molecule has 162 valence electrons. The fraction of sp³-hybridized carbons (Fsp3) is 0.120. The molecule has 0 saturated heterocycles. The Morgan fingerprint density at radius 3 is 2.64 bits per heavy atom. The molecule has 0 fully saturated rings. The van der Waals surface area contributed by atoms with Gasteiger partial charge in [0.2, 0.25) is 5.78 Å². The molecule has 3 aromatic heterocycles. The predicted octanol–water partition coefficient (Wildman–Crippen LogP) is 5.55. The van der Waals surface area contributed by atoms with Crippen LogP contribution in [0.15, 0.2) is 76.7 Å². The molecule has 6 nitrogen and oxygen atoms in total. The molecule has 0 spiro atoms. The van der Waals surface area contributed by atoms with E-state index in [0.717, 1.165) is 38.0 Å². The van der Waals surface area contributed by atoms with E-state index < -0.39 is 0 Å². The molecule has 0 N–H and O–H groups in total. The topological polar surface area (TPSA) is 65.1 Å². The summed E-state index contributed by atoms with van der Waals surface area (Å²) in [6.45, 7) is 4.06. The van der Waals surface area contributed by atoms with Crippen molar-refractivity contribution in [3.8, 4) is 5.69 Å². The molecule has 0 radical (unpaired) electrons. The van der Waals surface area contributed by atoms with Crippen molar-refractivity contribution < 1.29 is 0 Å².